The van der Waals surface area contributed by atoms with Gasteiger partial charge in [-0.3, -0.25) is 4.79 Å². The van der Waals surface area contributed by atoms with E-state index in [-0.39, 0.29) is 5.91 Å². The van der Waals surface area contributed by atoms with Gasteiger partial charge in [0.2, 0.25) is 5.91 Å². The van der Waals surface area contributed by atoms with Crippen LogP contribution in [-0.4, -0.2) is 48.5 Å². The third-order valence-corrected chi connectivity index (χ3v) is 3.71. The Morgan fingerprint density at radius 1 is 1.36 bits per heavy atom. The number of nitrogens with zero attached hydrogens (tertiary/aromatic N) is 1. The number of carbonyl (C=O) groups excluding carboxylic acids is 1. The Morgan fingerprint density at radius 3 is 2.71 bits per heavy atom. The summed E-state index contributed by atoms with van der Waals surface area (Å²) in [6.07, 6.45) is 2.70. The smallest absolute Gasteiger partial charge is 0.236 e. The van der Waals surface area contributed by atoms with E-state index in [2.05, 4.69) is 5.32 Å². The first-order chi connectivity index (χ1) is 6.86. The normalized spacial score (nSPS) is 22.4. The van der Waals surface area contributed by atoms with Crippen molar-refractivity contribution in [3.05, 3.63) is 0 Å². The molecule has 0 atom stereocenters. The predicted octanol–water partition coefficient (Wildman–Crippen LogP) is 0.561. The zero-order chi connectivity index (χ0) is 9.80. The van der Waals surface area contributed by atoms with Gasteiger partial charge in [0.1, 0.15) is 0 Å². The summed E-state index contributed by atoms with van der Waals surface area (Å²) in [7, 11) is 0. The molecule has 2 aliphatic rings. The van der Waals surface area contributed by atoms with Gasteiger partial charge in [-0.05, 0) is 25.3 Å². The van der Waals surface area contributed by atoms with Crippen molar-refractivity contribution in [1.29, 1.82) is 0 Å². The van der Waals surface area contributed by atoms with Gasteiger partial charge in [0, 0.05) is 24.6 Å². The highest BCUT2D eigenvalue weighted by atomic mass is 32.2. The molecule has 1 saturated carbocycles. The molecule has 1 N–H and O–H groups in total. The molecular weight excluding hydrogens is 196 g/mol. The largest absolute Gasteiger partial charge is 0.340 e. The van der Waals surface area contributed by atoms with Crippen LogP contribution in [-0.2, 0) is 4.79 Å². The van der Waals surface area contributed by atoms with Crippen LogP contribution in [0.1, 0.15) is 12.8 Å². The number of thioether (sulfide) groups is 1. The Morgan fingerprint density at radius 2 is 2.07 bits per heavy atom. The molecule has 1 saturated heterocycles. The second-order valence-electron chi connectivity index (χ2n) is 4.07. The lowest BCUT2D eigenvalue weighted by Gasteiger charge is -2.26. The summed E-state index contributed by atoms with van der Waals surface area (Å²) in [5.41, 5.74) is 0. The third kappa shape index (κ3) is 3.17. The quantitative estimate of drug-likeness (QED) is 0.742. The highest BCUT2D eigenvalue weighted by Gasteiger charge is 2.21. The molecule has 1 aliphatic heterocycles. The zero-order valence-electron chi connectivity index (χ0n) is 8.50. The first-order valence-corrected chi connectivity index (χ1v) is 6.58. The van der Waals surface area contributed by atoms with E-state index in [1.54, 1.807) is 0 Å². The van der Waals surface area contributed by atoms with E-state index in [4.69, 9.17) is 0 Å². The second kappa shape index (κ2) is 5.03. The maximum atomic E-state index is 11.7. The average Bonchev–Trinajstić information content (AvgIpc) is 3.03. The summed E-state index contributed by atoms with van der Waals surface area (Å²) in [6, 6.07) is 0. The number of hydrogen-bond donors (Lipinski definition) is 1. The monoisotopic (exact) mass is 214 g/mol. The maximum Gasteiger partial charge on any atom is 0.236 e. The van der Waals surface area contributed by atoms with Gasteiger partial charge in [0.15, 0.2) is 0 Å². The Labute approximate surface area is 89.6 Å². The lowest BCUT2D eigenvalue weighted by atomic mass is 10.4. The number of hydrogen-bond acceptors (Lipinski definition) is 3. The molecule has 0 radical (unpaired) electrons. The van der Waals surface area contributed by atoms with Crippen LogP contribution in [0, 0.1) is 5.92 Å². The molecule has 3 nitrogen and oxygen atoms in total. The van der Waals surface area contributed by atoms with Gasteiger partial charge in [-0.15, -0.1) is 0 Å². The van der Waals surface area contributed by atoms with Crippen LogP contribution < -0.4 is 5.32 Å². The lowest BCUT2D eigenvalue weighted by Crippen LogP contribution is -2.43. The van der Waals surface area contributed by atoms with Gasteiger partial charge in [-0.2, -0.15) is 11.8 Å². The molecule has 0 aromatic heterocycles. The van der Waals surface area contributed by atoms with Crippen molar-refractivity contribution in [2.45, 2.75) is 12.8 Å². The summed E-state index contributed by atoms with van der Waals surface area (Å²) >= 11 is 1.94. The fourth-order valence-electron chi connectivity index (χ4n) is 1.63. The molecule has 1 heterocycles. The minimum atomic E-state index is 0.283. The van der Waals surface area contributed by atoms with Crippen LogP contribution in [0.4, 0.5) is 0 Å². The number of rotatable bonds is 4. The van der Waals surface area contributed by atoms with Gasteiger partial charge in [-0.25, -0.2) is 0 Å². The van der Waals surface area contributed by atoms with Crippen molar-refractivity contribution in [2.75, 3.05) is 37.7 Å². The molecule has 0 bridgehead atoms. The minimum Gasteiger partial charge on any atom is -0.340 e. The summed E-state index contributed by atoms with van der Waals surface area (Å²) in [5.74, 6) is 3.36. The van der Waals surface area contributed by atoms with Crippen molar-refractivity contribution >= 4 is 17.7 Å². The summed E-state index contributed by atoms with van der Waals surface area (Å²) in [5, 5.41) is 3.25. The molecule has 0 unspecified atom stereocenters. The topological polar surface area (TPSA) is 32.3 Å². The van der Waals surface area contributed by atoms with Crippen LogP contribution in [0.25, 0.3) is 0 Å². The third-order valence-electron chi connectivity index (χ3n) is 2.77. The number of nitrogens with one attached hydrogen (secondary N) is 1. The molecular formula is C10H18N2OS. The van der Waals surface area contributed by atoms with E-state index in [1.807, 2.05) is 16.7 Å². The van der Waals surface area contributed by atoms with Gasteiger partial charge >= 0.3 is 0 Å². The SMILES string of the molecule is O=C(CNCC1CC1)N1CCSCC1. The molecule has 80 valence electrons. The van der Waals surface area contributed by atoms with Gasteiger partial charge in [0.05, 0.1) is 6.54 Å². The minimum absolute atomic E-state index is 0.283. The van der Waals surface area contributed by atoms with E-state index < -0.39 is 0 Å². The van der Waals surface area contributed by atoms with E-state index in [0.29, 0.717) is 6.54 Å². The molecule has 1 amide bonds. The van der Waals surface area contributed by atoms with E-state index in [1.165, 1.54) is 12.8 Å². The lowest BCUT2D eigenvalue weighted by molar-refractivity contribution is -0.129. The van der Waals surface area contributed by atoms with Gasteiger partial charge < -0.3 is 10.2 Å². The van der Waals surface area contributed by atoms with Crippen LogP contribution in [0.5, 0.6) is 0 Å². The molecule has 0 aromatic carbocycles. The van der Waals surface area contributed by atoms with Crippen molar-refractivity contribution < 1.29 is 4.79 Å². The van der Waals surface area contributed by atoms with Crippen molar-refractivity contribution in [3.63, 3.8) is 0 Å². The second-order valence-corrected chi connectivity index (χ2v) is 5.29. The Kier molecular flexibility index (Phi) is 3.70. The maximum absolute atomic E-state index is 11.7. The molecule has 14 heavy (non-hydrogen) atoms. The summed E-state index contributed by atoms with van der Waals surface area (Å²) in [4.78, 5) is 13.6. The molecule has 4 heteroatoms. The first kappa shape index (κ1) is 10.3. The molecule has 0 aromatic rings. The fraction of sp³-hybridized carbons (Fsp3) is 0.900. The molecule has 0 spiro atoms. The average molecular weight is 214 g/mol. The van der Waals surface area contributed by atoms with E-state index in [9.17, 15) is 4.79 Å². The van der Waals surface area contributed by atoms with Crippen molar-refractivity contribution in [3.8, 4) is 0 Å². The highest BCUT2D eigenvalue weighted by Crippen LogP contribution is 2.27. The summed E-state index contributed by atoms with van der Waals surface area (Å²) < 4.78 is 0. The van der Waals surface area contributed by atoms with Gasteiger partial charge in [0.25, 0.3) is 0 Å². The summed E-state index contributed by atoms with van der Waals surface area (Å²) in [6.45, 7) is 3.46. The van der Waals surface area contributed by atoms with Crippen LogP contribution in [0.2, 0.25) is 0 Å². The number of amides is 1. The van der Waals surface area contributed by atoms with Crippen molar-refractivity contribution in [2.24, 2.45) is 5.92 Å². The van der Waals surface area contributed by atoms with Crippen molar-refractivity contribution in [1.82, 2.24) is 10.2 Å². The van der Waals surface area contributed by atoms with Crippen LogP contribution >= 0.6 is 11.8 Å². The Bertz CT molecular complexity index is 200. The molecule has 2 rings (SSSR count). The van der Waals surface area contributed by atoms with Gasteiger partial charge in [-0.1, -0.05) is 0 Å². The highest BCUT2D eigenvalue weighted by molar-refractivity contribution is 7.99. The predicted molar refractivity (Wildman–Crippen MR) is 59.5 cm³/mol. The van der Waals surface area contributed by atoms with Crippen LogP contribution in [0.15, 0.2) is 0 Å². The molecule has 2 fully saturated rings. The Hall–Kier alpha value is -0.220. The van der Waals surface area contributed by atoms with E-state index >= 15 is 0 Å². The van der Waals surface area contributed by atoms with E-state index in [0.717, 1.165) is 37.1 Å². The number of carbonyl (C=O) groups is 1. The zero-order valence-corrected chi connectivity index (χ0v) is 9.31. The Balaban J connectivity index is 1.60. The molecule has 1 aliphatic carbocycles. The van der Waals surface area contributed by atoms with Crippen LogP contribution in [0.3, 0.4) is 0 Å². The standard InChI is InChI=1S/C10H18N2OS/c13-10(8-11-7-9-1-2-9)12-3-5-14-6-4-12/h9,11H,1-8H2. The first-order valence-electron chi connectivity index (χ1n) is 5.42. The fourth-order valence-corrected chi connectivity index (χ4v) is 2.53.